The van der Waals surface area contributed by atoms with Crippen LogP contribution in [0, 0.1) is 6.07 Å². The smallest absolute Gasteiger partial charge is 0.00667 e. The fourth-order valence-corrected chi connectivity index (χ4v) is 3.73. The van der Waals surface area contributed by atoms with Crippen LogP contribution in [0.4, 0.5) is 0 Å². The molecule has 0 saturated heterocycles. The Labute approximate surface area is 146 Å². The topological polar surface area (TPSA) is 0 Å². The highest BCUT2D eigenvalue weighted by molar-refractivity contribution is 6.01. The van der Waals surface area contributed by atoms with E-state index in [1.165, 1.54) is 84.9 Å². The largest absolute Gasteiger partial charge is 0.0654 e. The van der Waals surface area contributed by atoms with E-state index in [0.29, 0.717) is 0 Å². The monoisotopic (exact) mass is 317 g/mol. The van der Waals surface area contributed by atoms with E-state index < -0.39 is 0 Å². The maximum absolute atomic E-state index is 3.49. The van der Waals surface area contributed by atoms with Gasteiger partial charge in [0.05, 0.1) is 0 Å². The maximum atomic E-state index is 3.49. The normalized spacial score (nSPS) is 11.4. The summed E-state index contributed by atoms with van der Waals surface area (Å²) in [5.74, 6) is 0. The Hall–Kier alpha value is -1.82. The maximum Gasteiger partial charge on any atom is -0.00667 e. The van der Waals surface area contributed by atoms with Gasteiger partial charge in [-0.3, -0.25) is 0 Å². The third-order valence-electron chi connectivity index (χ3n) is 5.07. The Balaban J connectivity index is 1.66. The van der Waals surface area contributed by atoms with Gasteiger partial charge in [-0.15, -0.1) is 0 Å². The summed E-state index contributed by atoms with van der Waals surface area (Å²) in [6.45, 7) is 2.28. The van der Waals surface area contributed by atoms with Gasteiger partial charge in [0, 0.05) is 0 Å². The average Bonchev–Trinajstić information content (AvgIpc) is 2.63. The van der Waals surface area contributed by atoms with E-state index in [1.54, 1.807) is 0 Å². The molecule has 0 N–H and O–H groups in total. The molecule has 3 aromatic rings. The van der Waals surface area contributed by atoms with Crippen molar-refractivity contribution < 1.29 is 0 Å². The second-order valence-corrected chi connectivity index (χ2v) is 6.94. The highest BCUT2D eigenvalue weighted by Crippen LogP contribution is 2.29. The third-order valence-corrected chi connectivity index (χ3v) is 5.07. The van der Waals surface area contributed by atoms with E-state index in [4.69, 9.17) is 0 Å². The molecule has 0 nitrogen and oxygen atoms in total. The van der Waals surface area contributed by atoms with Crippen LogP contribution in [0.3, 0.4) is 0 Å². The Morgan fingerprint density at radius 3 is 2.29 bits per heavy atom. The van der Waals surface area contributed by atoms with Gasteiger partial charge in [0.15, 0.2) is 0 Å². The van der Waals surface area contributed by atoms with Crippen LogP contribution in [0.25, 0.3) is 21.5 Å². The van der Waals surface area contributed by atoms with Crippen molar-refractivity contribution in [1.82, 2.24) is 0 Å². The van der Waals surface area contributed by atoms with Crippen LogP contribution in [-0.2, 0) is 6.42 Å². The minimum absolute atomic E-state index is 1.17. The van der Waals surface area contributed by atoms with Gasteiger partial charge in [-0.05, 0) is 52.1 Å². The first kappa shape index (κ1) is 17.0. The van der Waals surface area contributed by atoms with Crippen molar-refractivity contribution in [3.05, 3.63) is 60.2 Å². The van der Waals surface area contributed by atoms with Crippen molar-refractivity contribution >= 4 is 21.5 Å². The number of hydrogen-bond acceptors (Lipinski definition) is 0. The number of aryl methyl sites for hydroxylation is 1. The molecule has 125 valence electrons. The number of unbranched alkanes of at least 4 members (excludes halogenated alkanes) is 7. The summed E-state index contributed by atoms with van der Waals surface area (Å²) in [6.07, 6.45) is 12.2. The molecule has 0 heterocycles. The molecule has 0 heteroatoms. The second-order valence-electron chi connectivity index (χ2n) is 6.94. The van der Waals surface area contributed by atoms with Crippen molar-refractivity contribution in [1.29, 1.82) is 0 Å². The molecule has 0 saturated carbocycles. The minimum Gasteiger partial charge on any atom is -0.0654 e. The van der Waals surface area contributed by atoms with Crippen molar-refractivity contribution in [3.63, 3.8) is 0 Å². The van der Waals surface area contributed by atoms with E-state index in [-0.39, 0.29) is 0 Å². The van der Waals surface area contributed by atoms with E-state index >= 15 is 0 Å². The second kappa shape index (κ2) is 8.87. The standard InChI is InChI=1S/C24H29/c1-2-3-4-5-6-7-8-9-18-24-22-16-12-10-14-20(22)19-21-15-11-13-17-23(21)24/h10-16,19H,2-9,18H2,1H3. The summed E-state index contributed by atoms with van der Waals surface area (Å²) in [4.78, 5) is 0. The summed E-state index contributed by atoms with van der Waals surface area (Å²) < 4.78 is 0. The van der Waals surface area contributed by atoms with E-state index in [9.17, 15) is 0 Å². The summed E-state index contributed by atoms with van der Waals surface area (Å²) in [5, 5.41) is 5.42. The molecule has 0 unspecified atom stereocenters. The summed E-state index contributed by atoms with van der Waals surface area (Å²) >= 11 is 0. The molecule has 0 aromatic heterocycles. The highest BCUT2D eigenvalue weighted by atomic mass is 14.1. The first-order chi connectivity index (χ1) is 11.9. The SMILES string of the molecule is CCCCCCCCCCc1c2[c]cccc2cc2ccccc12. The summed E-state index contributed by atoms with van der Waals surface area (Å²) in [6, 6.07) is 21.0. The zero-order valence-electron chi connectivity index (χ0n) is 15.0. The molecule has 0 atom stereocenters. The quantitative estimate of drug-likeness (QED) is 0.283. The fraction of sp³-hybridized carbons (Fsp3) is 0.417. The average molecular weight is 317 g/mol. The lowest BCUT2D eigenvalue weighted by molar-refractivity contribution is 0.576. The van der Waals surface area contributed by atoms with Gasteiger partial charge in [0.1, 0.15) is 0 Å². The lowest BCUT2D eigenvalue weighted by atomic mass is 9.93. The Kier molecular flexibility index (Phi) is 6.29. The van der Waals surface area contributed by atoms with Crippen LogP contribution in [0.5, 0.6) is 0 Å². The van der Waals surface area contributed by atoms with Gasteiger partial charge in [0.25, 0.3) is 0 Å². The van der Waals surface area contributed by atoms with Crippen molar-refractivity contribution in [2.45, 2.75) is 64.7 Å². The lowest BCUT2D eigenvalue weighted by Gasteiger charge is -2.11. The van der Waals surface area contributed by atoms with Gasteiger partial charge < -0.3 is 0 Å². The van der Waals surface area contributed by atoms with Crippen LogP contribution in [-0.4, -0.2) is 0 Å². The van der Waals surface area contributed by atoms with Crippen LogP contribution in [0.15, 0.2) is 48.5 Å². The zero-order chi connectivity index (χ0) is 16.6. The summed E-state index contributed by atoms with van der Waals surface area (Å²) in [7, 11) is 0. The number of hydrogen-bond donors (Lipinski definition) is 0. The number of benzene rings is 3. The third kappa shape index (κ3) is 4.17. The highest BCUT2D eigenvalue weighted by Gasteiger charge is 2.07. The van der Waals surface area contributed by atoms with Crippen molar-refractivity contribution in [2.75, 3.05) is 0 Å². The molecular formula is C24H29. The molecule has 0 aliphatic heterocycles. The Morgan fingerprint density at radius 2 is 1.46 bits per heavy atom. The number of fused-ring (bicyclic) bond motifs is 2. The van der Waals surface area contributed by atoms with E-state index in [0.717, 1.165) is 0 Å². The molecule has 24 heavy (non-hydrogen) atoms. The Morgan fingerprint density at radius 1 is 0.750 bits per heavy atom. The fourth-order valence-electron chi connectivity index (χ4n) is 3.73. The summed E-state index contributed by atoms with van der Waals surface area (Å²) in [5.41, 5.74) is 1.50. The first-order valence-electron chi connectivity index (χ1n) is 9.71. The lowest BCUT2D eigenvalue weighted by Crippen LogP contribution is -1.91. The van der Waals surface area contributed by atoms with Crippen LogP contribution in [0.1, 0.15) is 63.9 Å². The van der Waals surface area contributed by atoms with Gasteiger partial charge in [-0.25, -0.2) is 0 Å². The molecule has 3 aromatic carbocycles. The van der Waals surface area contributed by atoms with E-state index in [2.05, 4.69) is 55.5 Å². The predicted molar refractivity (Wildman–Crippen MR) is 107 cm³/mol. The van der Waals surface area contributed by atoms with Gasteiger partial charge in [-0.1, -0.05) is 94.3 Å². The molecule has 0 aliphatic rings. The molecule has 0 bridgehead atoms. The van der Waals surface area contributed by atoms with Crippen LogP contribution in [0.2, 0.25) is 0 Å². The predicted octanol–water partition coefficient (Wildman–Crippen LogP) is 7.48. The molecule has 0 amide bonds. The molecular weight excluding hydrogens is 288 g/mol. The minimum atomic E-state index is 1.17. The molecule has 0 aliphatic carbocycles. The zero-order valence-corrected chi connectivity index (χ0v) is 15.0. The number of rotatable bonds is 9. The van der Waals surface area contributed by atoms with Crippen molar-refractivity contribution in [3.8, 4) is 0 Å². The molecule has 0 fully saturated rings. The molecule has 0 spiro atoms. The van der Waals surface area contributed by atoms with E-state index in [1.807, 2.05) is 6.07 Å². The van der Waals surface area contributed by atoms with Gasteiger partial charge in [-0.2, -0.15) is 0 Å². The Bertz CT molecular complexity index is 715. The van der Waals surface area contributed by atoms with Gasteiger partial charge >= 0.3 is 0 Å². The van der Waals surface area contributed by atoms with Crippen LogP contribution < -0.4 is 0 Å². The molecule has 3 rings (SSSR count). The van der Waals surface area contributed by atoms with Crippen LogP contribution >= 0.6 is 0 Å². The van der Waals surface area contributed by atoms with Gasteiger partial charge in [0.2, 0.25) is 0 Å². The van der Waals surface area contributed by atoms with Crippen molar-refractivity contribution in [2.24, 2.45) is 0 Å². The first-order valence-corrected chi connectivity index (χ1v) is 9.71. The molecule has 1 radical (unpaired) electrons.